The van der Waals surface area contributed by atoms with Gasteiger partial charge in [-0.1, -0.05) is 25.9 Å². The van der Waals surface area contributed by atoms with E-state index in [0.717, 1.165) is 22.9 Å². The molecule has 0 aliphatic rings. The van der Waals surface area contributed by atoms with Crippen molar-refractivity contribution < 1.29 is 17.7 Å². The lowest BCUT2D eigenvalue weighted by atomic mass is 9.96. The van der Waals surface area contributed by atoms with Gasteiger partial charge in [-0.05, 0) is 6.07 Å². The van der Waals surface area contributed by atoms with Crippen LogP contribution in [0.2, 0.25) is 0 Å². The molecular weight excluding hydrogens is 287 g/mol. The van der Waals surface area contributed by atoms with Gasteiger partial charge in [0, 0.05) is 17.7 Å². The number of aromatic nitrogens is 3. The molecule has 0 aliphatic carbocycles. The molecule has 0 saturated heterocycles. The Morgan fingerprint density at radius 2 is 1.90 bits per heavy atom. The van der Waals surface area contributed by atoms with Crippen LogP contribution in [0.3, 0.4) is 0 Å². The van der Waals surface area contributed by atoms with Gasteiger partial charge in [0.25, 0.3) is 5.56 Å². The van der Waals surface area contributed by atoms with Crippen molar-refractivity contribution in [2.24, 2.45) is 0 Å². The first-order valence-corrected chi connectivity index (χ1v) is 6.18. The number of alkyl halides is 3. The number of nitrogens with zero attached hydrogens (tertiary/aromatic N) is 3. The molecule has 0 unspecified atom stereocenters. The van der Waals surface area contributed by atoms with Gasteiger partial charge in [0.1, 0.15) is 6.54 Å². The highest BCUT2D eigenvalue weighted by molar-refractivity contribution is 5.14. The molecule has 114 valence electrons. The van der Waals surface area contributed by atoms with Crippen LogP contribution in [0.1, 0.15) is 38.0 Å². The van der Waals surface area contributed by atoms with E-state index in [1.54, 1.807) is 0 Å². The van der Waals surface area contributed by atoms with E-state index in [1.165, 1.54) is 0 Å². The molecule has 0 saturated carbocycles. The number of halogens is 3. The minimum atomic E-state index is -4.51. The first-order chi connectivity index (χ1) is 9.57. The van der Waals surface area contributed by atoms with Crippen molar-refractivity contribution in [3.63, 3.8) is 0 Å². The Hall–Kier alpha value is -2.12. The van der Waals surface area contributed by atoms with Crippen molar-refractivity contribution in [1.82, 2.24) is 14.7 Å². The smallest absolute Gasteiger partial charge is 0.337 e. The van der Waals surface area contributed by atoms with Crippen LogP contribution in [-0.2, 0) is 18.1 Å². The standard InChI is InChI=1S/C13H14F3N3O2/c1-12(2,3)11-17-9(21-18-11)7-19-6-8(13(14,15)16)4-5-10(19)20/h4-6H,7H2,1-3H3. The first-order valence-electron chi connectivity index (χ1n) is 6.18. The van der Waals surface area contributed by atoms with Gasteiger partial charge in [0.05, 0.1) is 5.56 Å². The second-order valence-corrected chi connectivity index (χ2v) is 5.64. The SMILES string of the molecule is CC(C)(C)c1noc(Cn2cc(C(F)(F)F)ccc2=O)n1. The molecule has 0 aliphatic heterocycles. The molecular formula is C13H14F3N3O2. The quantitative estimate of drug-likeness (QED) is 0.855. The summed E-state index contributed by atoms with van der Waals surface area (Å²) >= 11 is 0. The summed E-state index contributed by atoms with van der Waals surface area (Å²) in [6.45, 7) is 5.42. The lowest BCUT2D eigenvalue weighted by Crippen LogP contribution is -2.22. The van der Waals surface area contributed by atoms with E-state index in [-0.39, 0.29) is 17.9 Å². The Labute approximate surface area is 118 Å². The topological polar surface area (TPSA) is 60.9 Å². The normalized spacial score (nSPS) is 12.7. The molecule has 5 nitrogen and oxygen atoms in total. The van der Waals surface area contributed by atoms with Crippen LogP contribution < -0.4 is 5.56 Å². The molecule has 2 aromatic heterocycles. The maximum Gasteiger partial charge on any atom is 0.417 e. The predicted molar refractivity (Wildman–Crippen MR) is 67.8 cm³/mol. The average molecular weight is 301 g/mol. The summed E-state index contributed by atoms with van der Waals surface area (Å²) in [6, 6.07) is 1.61. The van der Waals surface area contributed by atoms with Crippen molar-refractivity contribution in [2.45, 2.75) is 38.9 Å². The van der Waals surface area contributed by atoms with Crippen molar-refractivity contribution in [1.29, 1.82) is 0 Å². The molecule has 2 rings (SSSR count). The highest BCUT2D eigenvalue weighted by Gasteiger charge is 2.31. The van der Waals surface area contributed by atoms with Gasteiger partial charge in [-0.15, -0.1) is 0 Å². The summed E-state index contributed by atoms with van der Waals surface area (Å²) in [5, 5.41) is 3.76. The molecule has 0 aromatic carbocycles. The fraction of sp³-hybridized carbons (Fsp3) is 0.462. The van der Waals surface area contributed by atoms with Crippen molar-refractivity contribution in [2.75, 3.05) is 0 Å². The Balaban J connectivity index is 2.31. The van der Waals surface area contributed by atoms with Gasteiger partial charge >= 0.3 is 6.18 Å². The maximum absolute atomic E-state index is 12.6. The van der Waals surface area contributed by atoms with E-state index in [9.17, 15) is 18.0 Å². The number of hydrogen-bond acceptors (Lipinski definition) is 4. The average Bonchev–Trinajstić information content (AvgIpc) is 2.79. The molecule has 21 heavy (non-hydrogen) atoms. The van der Waals surface area contributed by atoms with E-state index >= 15 is 0 Å². The molecule has 2 aromatic rings. The van der Waals surface area contributed by atoms with Gasteiger partial charge in [-0.25, -0.2) is 0 Å². The summed E-state index contributed by atoms with van der Waals surface area (Å²) in [5.74, 6) is 0.513. The van der Waals surface area contributed by atoms with Crippen LogP contribution in [0, 0.1) is 0 Å². The van der Waals surface area contributed by atoms with E-state index in [1.807, 2.05) is 20.8 Å². The summed E-state index contributed by atoms with van der Waals surface area (Å²) in [5.41, 5.74) is -1.82. The summed E-state index contributed by atoms with van der Waals surface area (Å²) in [4.78, 5) is 15.7. The Bertz CT molecular complexity index is 696. The third-order valence-corrected chi connectivity index (χ3v) is 2.76. The van der Waals surface area contributed by atoms with Gasteiger partial charge in [-0.3, -0.25) is 4.79 Å². The Morgan fingerprint density at radius 1 is 1.24 bits per heavy atom. The zero-order chi connectivity index (χ0) is 15.8. The van der Waals surface area contributed by atoms with Crippen LogP contribution in [0.15, 0.2) is 27.6 Å². The largest absolute Gasteiger partial charge is 0.417 e. The van der Waals surface area contributed by atoms with Gasteiger partial charge < -0.3 is 9.09 Å². The highest BCUT2D eigenvalue weighted by Crippen LogP contribution is 2.28. The molecule has 0 spiro atoms. The summed E-state index contributed by atoms with van der Waals surface area (Å²) < 4.78 is 43.8. The molecule has 0 fully saturated rings. The van der Waals surface area contributed by atoms with Crippen LogP contribution in [-0.4, -0.2) is 14.7 Å². The van der Waals surface area contributed by atoms with Gasteiger partial charge in [0.15, 0.2) is 5.82 Å². The second-order valence-electron chi connectivity index (χ2n) is 5.64. The van der Waals surface area contributed by atoms with Crippen LogP contribution in [0.25, 0.3) is 0 Å². The lowest BCUT2D eigenvalue weighted by Gasteiger charge is -2.11. The minimum Gasteiger partial charge on any atom is -0.337 e. The third-order valence-electron chi connectivity index (χ3n) is 2.76. The Kier molecular flexibility index (Phi) is 3.65. The molecule has 8 heteroatoms. The van der Waals surface area contributed by atoms with Crippen molar-refractivity contribution in [3.05, 3.63) is 46.0 Å². The fourth-order valence-electron chi connectivity index (χ4n) is 1.59. The van der Waals surface area contributed by atoms with Gasteiger partial charge in [0.2, 0.25) is 5.89 Å². The maximum atomic E-state index is 12.6. The third kappa shape index (κ3) is 3.50. The number of pyridine rings is 1. The molecule has 0 N–H and O–H groups in total. The Morgan fingerprint density at radius 3 is 2.43 bits per heavy atom. The molecule has 2 heterocycles. The molecule has 0 atom stereocenters. The van der Waals surface area contributed by atoms with E-state index in [4.69, 9.17) is 4.52 Å². The van der Waals surface area contributed by atoms with Crippen LogP contribution in [0.5, 0.6) is 0 Å². The highest BCUT2D eigenvalue weighted by atomic mass is 19.4. The molecule has 0 radical (unpaired) electrons. The number of hydrogen-bond donors (Lipinski definition) is 0. The van der Waals surface area contributed by atoms with E-state index < -0.39 is 17.3 Å². The first kappa shape index (κ1) is 15.3. The zero-order valence-electron chi connectivity index (χ0n) is 11.7. The summed E-state index contributed by atoms with van der Waals surface area (Å²) in [6.07, 6.45) is -3.77. The van der Waals surface area contributed by atoms with Crippen LogP contribution >= 0.6 is 0 Å². The zero-order valence-corrected chi connectivity index (χ0v) is 11.7. The second kappa shape index (κ2) is 5.01. The number of rotatable bonds is 2. The molecule has 0 amide bonds. The predicted octanol–water partition coefficient (Wildman–Crippen LogP) is 2.60. The van der Waals surface area contributed by atoms with Crippen LogP contribution in [0.4, 0.5) is 13.2 Å². The lowest BCUT2D eigenvalue weighted by molar-refractivity contribution is -0.138. The fourth-order valence-corrected chi connectivity index (χ4v) is 1.59. The van der Waals surface area contributed by atoms with Gasteiger partial charge in [-0.2, -0.15) is 18.2 Å². The monoisotopic (exact) mass is 301 g/mol. The van der Waals surface area contributed by atoms with E-state index in [0.29, 0.717) is 5.82 Å². The molecule has 0 bridgehead atoms. The summed E-state index contributed by atoms with van der Waals surface area (Å²) in [7, 11) is 0. The van der Waals surface area contributed by atoms with Crippen molar-refractivity contribution >= 4 is 0 Å². The van der Waals surface area contributed by atoms with Crippen molar-refractivity contribution in [3.8, 4) is 0 Å². The van der Waals surface area contributed by atoms with E-state index in [2.05, 4.69) is 10.1 Å². The minimum absolute atomic E-state index is 0.0846.